The van der Waals surface area contributed by atoms with Crippen LogP contribution in [0.3, 0.4) is 0 Å². The zero-order chi connectivity index (χ0) is 14.7. The Kier molecular flexibility index (Phi) is 4.10. The Morgan fingerprint density at radius 3 is 2.86 bits per heavy atom. The molecule has 0 aromatic heterocycles. The van der Waals surface area contributed by atoms with Crippen molar-refractivity contribution < 1.29 is 19.0 Å². The number of hydrogen-bond donors (Lipinski definition) is 1. The van der Waals surface area contributed by atoms with Gasteiger partial charge in [-0.15, -0.1) is 0 Å². The van der Waals surface area contributed by atoms with Gasteiger partial charge >= 0.3 is 6.09 Å². The maximum atomic E-state index is 11.9. The topological polar surface area (TPSA) is 60.0 Å². The quantitative estimate of drug-likeness (QED) is 0.917. The number of carbonyl (C=O) groups excluding carboxylic acids is 1. The lowest BCUT2D eigenvalue weighted by Crippen LogP contribution is -2.48. The molecule has 3 rings (SSSR count). The Morgan fingerprint density at radius 1 is 1.38 bits per heavy atom. The second-order valence-corrected chi connectivity index (χ2v) is 5.47. The first-order chi connectivity index (χ1) is 10.2. The monoisotopic (exact) mass is 292 g/mol. The van der Waals surface area contributed by atoms with E-state index in [1.807, 2.05) is 24.3 Å². The van der Waals surface area contributed by atoms with Crippen molar-refractivity contribution in [2.75, 3.05) is 38.6 Å². The lowest BCUT2D eigenvalue weighted by molar-refractivity contribution is 0.0690. The summed E-state index contributed by atoms with van der Waals surface area (Å²) >= 11 is 0. The van der Waals surface area contributed by atoms with Crippen molar-refractivity contribution in [3.8, 4) is 0 Å². The lowest BCUT2D eigenvalue weighted by atomic mass is 10.0. The van der Waals surface area contributed by atoms with Crippen LogP contribution in [0.4, 0.5) is 10.5 Å². The predicted octanol–water partition coefficient (Wildman–Crippen LogP) is 1.81. The highest BCUT2D eigenvalue weighted by molar-refractivity contribution is 5.84. The average Bonchev–Trinajstić information content (AvgIpc) is 3.05. The molecule has 0 spiro atoms. The molecule has 6 heteroatoms. The number of carbonyl (C=O) groups is 1. The summed E-state index contributed by atoms with van der Waals surface area (Å²) in [6, 6.07) is 7.75. The normalized spacial score (nSPS) is 20.2. The minimum atomic E-state index is -0.448. The van der Waals surface area contributed by atoms with Gasteiger partial charge in [-0.05, 0) is 24.1 Å². The number of rotatable bonds is 4. The van der Waals surface area contributed by atoms with E-state index in [-0.39, 0.29) is 12.1 Å². The highest BCUT2D eigenvalue weighted by atomic mass is 16.6. The van der Waals surface area contributed by atoms with Crippen LogP contribution in [0.5, 0.6) is 0 Å². The summed E-state index contributed by atoms with van der Waals surface area (Å²) in [7, 11) is 0. The van der Waals surface area contributed by atoms with E-state index in [2.05, 4.69) is 17.1 Å². The zero-order valence-corrected chi connectivity index (χ0v) is 12.1. The molecule has 1 aromatic rings. The summed E-state index contributed by atoms with van der Waals surface area (Å²) in [5.74, 6) is 0. The molecule has 21 heavy (non-hydrogen) atoms. The van der Waals surface area contributed by atoms with E-state index < -0.39 is 6.09 Å². The first-order valence-electron chi connectivity index (χ1n) is 7.15. The van der Waals surface area contributed by atoms with Gasteiger partial charge in [0.1, 0.15) is 25.6 Å². The summed E-state index contributed by atoms with van der Waals surface area (Å²) in [6.07, 6.45) is 0.480. The van der Waals surface area contributed by atoms with Crippen molar-refractivity contribution in [2.24, 2.45) is 0 Å². The molecule has 0 aliphatic carbocycles. The molecule has 2 saturated heterocycles. The summed E-state index contributed by atoms with van der Waals surface area (Å²) in [4.78, 5) is 14.0. The van der Waals surface area contributed by atoms with Crippen LogP contribution in [0.1, 0.15) is 12.5 Å². The molecule has 6 nitrogen and oxygen atoms in total. The third kappa shape index (κ3) is 3.02. The van der Waals surface area contributed by atoms with Crippen LogP contribution < -0.4 is 5.32 Å². The predicted molar refractivity (Wildman–Crippen MR) is 77.0 cm³/mol. The second kappa shape index (κ2) is 6.01. The number of ether oxygens (including phenoxy) is 3. The summed E-state index contributed by atoms with van der Waals surface area (Å²) in [6.45, 7) is 4.47. The van der Waals surface area contributed by atoms with Crippen molar-refractivity contribution in [1.29, 1.82) is 0 Å². The van der Waals surface area contributed by atoms with Gasteiger partial charge in [0, 0.05) is 5.69 Å². The molecular weight excluding hydrogens is 272 g/mol. The minimum absolute atomic E-state index is 0.270. The highest BCUT2D eigenvalue weighted by Crippen LogP contribution is 2.28. The van der Waals surface area contributed by atoms with Gasteiger partial charge in [-0.2, -0.15) is 0 Å². The molecule has 1 N–H and O–H groups in total. The standard InChI is InChI=1S/C15H20N2O4/c1-2-12-4-3-5-13(6-12)16-14(18)21-9-15-7-19-10-17(15)11-20-8-15/h3-6H,2,7-11H2,1H3,(H,16,18). The van der Waals surface area contributed by atoms with Crippen LogP contribution in [0.2, 0.25) is 0 Å². The third-order valence-corrected chi connectivity index (χ3v) is 3.96. The first-order valence-corrected chi connectivity index (χ1v) is 7.15. The van der Waals surface area contributed by atoms with Gasteiger partial charge < -0.3 is 14.2 Å². The maximum Gasteiger partial charge on any atom is 0.411 e. The van der Waals surface area contributed by atoms with Gasteiger partial charge in [-0.25, -0.2) is 9.69 Å². The van der Waals surface area contributed by atoms with Crippen molar-refractivity contribution in [3.05, 3.63) is 29.8 Å². The van der Waals surface area contributed by atoms with Gasteiger partial charge in [-0.3, -0.25) is 5.32 Å². The van der Waals surface area contributed by atoms with Crippen molar-refractivity contribution in [3.63, 3.8) is 0 Å². The molecule has 0 bridgehead atoms. The SMILES string of the molecule is CCc1cccc(NC(=O)OCC23COCN2COC3)c1. The number of nitrogens with one attached hydrogen (secondary N) is 1. The Morgan fingerprint density at radius 2 is 2.14 bits per heavy atom. The van der Waals surface area contributed by atoms with E-state index in [9.17, 15) is 4.79 Å². The second-order valence-electron chi connectivity index (χ2n) is 5.47. The van der Waals surface area contributed by atoms with Gasteiger partial charge in [-0.1, -0.05) is 19.1 Å². The molecule has 114 valence electrons. The Balaban J connectivity index is 1.54. The van der Waals surface area contributed by atoms with Gasteiger partial charge in [0.15, 0.2) is 0 Å². The number of fused-ring (bicyclic) bond motifs is 1. The third-order valence-electron chi connectivity index (χ3n) is 3.96. The minimum Gasteiger partial charge on any atom is -0.447 e. The van der Waals surface area contributed by atoms with Crippen molar-refractivity contribution in [2.45, 2.75) is 18.9 Å². The average molecular weight is 292 g/mol. The van der Waals surface area contributed by atoms with E-state index in [1.165, 1.54) is 5.56 Å². The summed E-state index contributed by atoms with van der Waals surface area (Å²) in [5, 5.41) is 2.76. The van der Waals surface area contributed by atoms with Crippen LogP contribution >= 0.6 is 0 Å². The van der Waals surface area contributed by atoms with Gasteiger partial charge in [0.25, 0.3) is 0 Å². The fraction of sp³-hybridized carbons (Fsp3) is 0.533. The number of amides is 1. The zero-order valence-electron chi connectivity index (χ0n) is 12.1. The Labute approximate surface area is 124 Å². The van der Waals surface area contributed by atoms with Crippen LogP contribution in [-0.4, -0.2) is 49.8 Å². The Bertz CT molecular complexity index is 510. The molecule has 1 aromatic carbocycles. The molecule has 2 fully saturated rings. The summed E-state index contributed by atoms with van der Waals surface area (Å²) < 4.78 is 16.2. The van der Waals surface area contributed by atoms with E-state index in [4.69, 9.17) is 14.2 Å². The molecule has 2 aliphatic rings. The van der Waals surface area contributed by atoms with Crippen LogP contribution in [0.15, 0.2) is 24.3 Å². The number of benzene rings is 1. The largest absolute Gasteiger partial charge is 0.447 e. The van der Waals surface area contributed by atoms with E-state index in [1.54, 1.807) is 0 Å². The number of aryl methyl sites for hydroxylation is 1. The molecule has 0 radical (unpaired) electrons. The molecule has 0 atom stereocenters. The number of nitrogens with zero attached hydrogens (tertiary/aromatic N) is 1. The lowest BCUT2D eigenvalue weighted by Gasteiger charge is -2.26. The van der Waals surface area contributed by atoms with E-state index in [0.29, 0.717) is 26.7 Å². The van der Waals surface area contributed by atoms with Crippen LogP contribution in [0, 0.1) is 0 Å². The molecular formula is C15H20N2O4. The molecule has 2 aliphatic heterocycles. The number of anilines is 1. The molecule has 2 heterocycles. The van der Waals surface area contributed by atoms with Crippen molar-refractivity contribution >= 4 is 11.8 Å². The molecule has 0 saturated carbocycles. The molecule has 1 amide bonds. The number of hydrogen-bond acceptors (Lipinski definition) is 5. The Hall–Kier alpha value is -1.63. The van der Waals surface area contributed by atoms with Crippen LogP contribution in [0.25, 0.3) is 0 Å². The van der Waals surface area contributed by atoms with E-state index >= 15 is 0 Å². The van der Waals surface area contributed by atoms with Crippen molar-refractivity contribution in [1.82, 2.24) is 4.90 Å². The first kappa shape index (κ1) is 14.3. The van der Waals surface area contributed by atoms with Gasteiger partial charge in [0.05, 0.1) is 13.2 Å². The fourth-order valence-corrected chi connectivity index (χ4v) is 2.62. The highest BCUT2D eigenvalue weighted by Gasteiger charge is 2.47. The van der Waals surface area contributed by atoms with Gasteiger partial charge in [0.2, 0.25) is 0 Å². The molecule has 0 unspecified atom stereocenters. The maximum absolute atomic E-state index is 11.9. The smallest absolute Gasteiger partial charge is 0.411 e. The summed E-state index contributed by atoms with van der Waals surface area (Å²) in [5.41, 5.74) is 1.60. The fourth-order valence-electron chi connectivity index (χ4n) is 2.62. The van der Waals surface area contributed by atoms with Crippen LogP contribution in [-0.2, 0) is 20.6 Å². The van der Waals surface area contributed by atoms with E-state index in [0.717, 1.165) is 12.1 Å².